The van der Waals surface area contributed by atoms with Gasteiger partial charge in [0.25, 0.3) is 0 Å². The van der Waals surface area contributed by atoms with Crippen LogP contribution >= 0.6 is 0 Å². The quantitative estimate of drug-likeness (QED) is 0.0346. The molecule has 286 valence electrons. The Hall–Kier alpha value is -1.92. The van der Waals surface area contributed by atoms with Crippen LogP contribution in [0.2, 0.25) is 0 Å². The molecule has 0 aromatic carbocycles. The number of esters is 1. The molecule has 0 aliphatic rings. The number of nitrogens with one attached hydrogen (secondary N) is 1. The summed E-state index contributed by atoms with van der Waals surface area (Å²) < 4.78 is 5.84. The first-order valence-electron chi connectivity index (χ1n) is 20.7. The first kappa shape index (κ1) is 47.1. The fraction of sp³-hybridized carbons (Fsp3) is 0.814. The maximum absolute atomic E-state index is 13.0. The van der Waals surface area contributed by atoms with Gasteiger partial charge in [0.05, 0.1) is 25.2 Å². The van der Waals surface area contributed by atoms with Crippen molar-refractivity contribution < 1.29 is 24.5 Å². The number of hydrogen-bond acceptors (Lipinski definition) is 5. The average Bonchev–Trinajstić information content (AvgIpc) is 3.09. The normalized spacial score (nSPS) is 13.8. The third-order valence-corrected chi connectivity index (χ3v) is 9.23. The van der Waals surface area contributed by atoms with Gasteiger partial charge in [-0.2, -0.15) is 0 Å². The number of carbonyl (C=O) groups excluding carboxylic acids is 2. The highest BCUT2D eigenvalue weighted by atomic mass is 16.5. The van der Waals surface area contributed by atoms with Crippen molar-refractivity contribution >= 4 is 11.9 Å². The minimum atomic E-state index is -0.784. The molecule has 1 amide bonds. The standard InChI is InChI=1S/C43H79NO5/c1-4-7-10-13-16-18-19-20-21-22-24-27-30-33-36-43(48)49-39(34-31-28-25-15-12-9-6-3)37-42(47)44-40(38-45)41(46)35-32-29-26-23-17-14-11-8-5-2/h7,10,16,18,20-21,39-41,45-46H,4-6,8-9,11-15,17,19,22-38H2,1-3H3,(H,44,47)/b10-7+,18-16+,21-20+. The van der Waals surface area contributed by atoms with E-state index in [1.54, 1.807) is 0 Å². The Morgan fingerprint density at radius 2 is 1.10 bits per heavy atom. The number of hydrogen-bond donors (Lipinski definition) is 3. The van der Waals surface area contributed by atoms with Crippen LogP contribution in [-0.2, 0) is 14.3 Å². The molecule has 0 radical (unpaired) electrons. The van der Waals surface area contributed by atoms with E-state index in [1.165, 1.54) is 64.2 Å². The van der Waals surface area contributed by atoms with Crippen molar-refractivity contribution in [1.82, 2.24) is 5.32 Å². The molecule has 6 heteroatoms. The summed E-state index contributed by atoms with van der Waals surface area (Å²) in [4.78, 5) is 25.7. The van der Waals surface area contributed by atoms with Gasteiger partial charge in [-0.05, 0) is 57.8 Å². The summed E-state index contributed by atoms with van der Waals surface area (Å²) in [6, 6.07) is -0.698. The van der Waals surface area contributed by atoms with E-state index in [2.05, 4.69) is 62.5 Å². The van der Waals surface area contributed by atoms with Gasteiger partial charge in [-0.3, -0.25) is 9.59 Å². The van der Waals surface area contributed by atoms with E-state index in [0.717, 1.165) is 89.9 Å². The van der Waals surface area contributed by atoms with Crippen molar-refractivity contribution in [3.8, 4) is 0 Å². The predicted octanol–water partition coefficient (Wildman–Crippen LogP) is 11.4. The summed E-state index contributed by atoms with van der Waals surface area (Å²) in [6.45, 7) is 6.29. The molecule has 0 fully saturated rings. The zero-order valence-electron chi connectivity index (χ0n) is 32.3. The number of allylic oxidation sites excluding steroid dienone is 6. The smallest absolute Gasteiger partial charge is 0.306 e. The largest absolute Gasteiger partial charge is 0.462 e. The lowest BCUT2D eigenvalue weighted by Crippen LogP contribution is -2.46. The van der Waals surface area contributed by atoms with Crippen molar-refractivity contribution in [2.75, 3.05) is 6.61 Å². The van der Waals surface area contributed by atoms with E-state index in [9.17, 15) is 19.8 Å². The van der Waals surface area contributed by atoms with Crippen molar-refractivity contribution in [3.63, 3.8) is 0 Å². The van der Waals surface area contributed by atoms with Crippen LogP contribution in [0.15, 0.2) is 36.5 Å². The van der Waals surface area contributed by atoms with E-state index in [4.69, 9.17) is 4.74 Å². The van der Waals surface area contributed by atoms with E-state index in [-0.39, 0.29) is 24.9 Å². The molecule has 0 aromatic heterocycles. The van der Waals surface area contributed by atoms with Gasteiger partial charge in [0.2, 0.25) is 5.91 Å². The second kappa shape index (κ2) is 37.3. The Morgan fingerprint density at radius 1 is 0.612 bits per heavy atom. The van der Waals surface area contributed by atoms with Crippen LogP contribution in [0.3, 0.4) is 0 Å². The lowest BCUT2D eigenvalue weighted by atomic mass is 10.0. The first-order chi connectivity index (χ1) is 24.0. The van der Waals surface area contributed by atoms with Crippen molar-refractivity contribution in [2.45, 2.75) is 219 Å². The van der Waals surface area contributed by atoms with E-state index < -0.39 is 18.2 Å². The lowest BCUT2D eigenvalue weighted by Gasteiger charge is -2.24. The molecule has 0 bridgehead atoms. The van der Waals surface area contributed by atoms with Crippen LogP contribution in [0.25, 0.3) is 0 Å². The Kier molecular flexibility index (Phi) is 35.9. The molecular weight excluding hydrogens is 610 g/mol. The summed E-state index contributed by atoms with van der Waals surface area (Å²) in [7, 11) is 0. The van der Waals surface area contributed by atoms with E-state index >= 15 is 0 Å². The first-order valence-corrected chi connectivity index (χ1v) is 20.7. The molecule has 0 aliphatic heterocycles. The van der Waals surface area contributed by atoms with Gasteiger partial charge in [0.1, 0.15) is 6.10 Å². The van der Waals surface area contributed by atoms with Crippen LogP contribution in [0.5, 0.6) is 0 Å². The summed E-state index contributed by atoms with van der Waals surface area (Å²) in [5.74, 6) is -0.506. The molecule has 0 aromatic rings. The number of aliphatic hydroxyl groups excluding tert-OH is 2. The summed E-state index contributed by atoms with van der Waals surface area (Å²) in [5, 5.41) is 23.4. The summed E-state index contributed by atoms with van der Waals surface area (Å²) in [5.41, 5.74) is 0. The summed E-state index contributed by atoms with van der Waals surface area (Å²) in [6.07, 6.45) is 40.7. The molecule has 6 nitrogen and oxygen atoms in total. The number of ether oxygens (including phenoxy) is 1. The molecule has 3 atom stereocenters. The Labute approximate surface area is 303 Å². The van der Waals surface area contributed by atoms with Crippen LogP contribution < -0.4 is 5.32 Å². The Morgan fingerprint density at radius 3 is 1.67 bits per heavy atom. The van der Waals surface area contributed by atoms with Gasteiger partial charge in [0.15, 0.2) is 0 Å². The SMILES string of the molecule is CC/C=C/C/C=C/C/C=C/CCCCCCC(=O)OC(CCCCCCCCC)CC(=O)NC(CO)C(O)CCCCCCCCCCC. The van der Waals surface area contributed by atoms with Crippen LogP contribution in [0.1, 0.15) is 201 Å². The number of carbonyl (C=O) groups is 2. The second-order valence-corrected chi connectivity index (χ2v) is 14.0. The van der Waals surface area contributed by atoms with Gasteiger partial charge in [-0.25, -0.2) is 0 Å². The Balaban J connectivity index is 4.53. The monoisotopic (exact) mass is 690 g/mol. The fourth-order valence-electron chi connectivity index (χ4n) is 6.09. The number of rotatable bonds is 36. The highest BCUT2D eigenvalue weighted by Crippen LogP contribution is 2.17. The highest BCUT2D eigenvalue weighted by molar-refractivity contribution is 5.77. The van der Waals surface area contributed by atoms with E-state index in [1.807, 2.05) is 0 Å². The molecule has 0 aliphatic carbocycles. The van der Waals surface area contributed by atoms with Gasteiger partial charge >= 0.3 is 5.97 Å². The number of unbranched alkanes of at least 4 members (excludes halogenated alkanes) is 18. The van der Waals surface area contributed by atoms with Crippen molar-refractivity contribution in [3.05, 3.63) is 36.5 Å². The molecule has 3 N–H and O–H groups in total. The minimum absolute atomic E-state index is 0.0692. The van der Waals surface area contributed by atoms with Crippen molar-refractivity contribution in [2.24, 2.45) is 0 Å². The Bertz CT molecular complexity index is 823. The predicted molar refractivity (Wildman–Crippen MR) is 209 cm³/mol. The topological polar surface area (TPSA) is 95.9 Å². The lowest BCUT2D eigenvalue weighted by molar-refractivity contribution is -0.151. The molecule has 0 saturated carbocycles. The maximum Gasteiger partial charge on any atom is 0.306 e. The molecule has 0 heterocycles. The highest BCUT2D eigenvalue weighted by Gasteiger charge is 2.24. The molecule has 0 rings (SSSR count). The number of amides is 1. The average molecular weight is 690 g/mol. The third kappa shape index (κ3) is 33.0. The number of aliphatic hydroxyl groups is 2. The molecule has 49 heavy (non-hydrogen) atoms. The molecule has 3 unspecified atom stereocenters. The van der Waals surface area contributed by atoms with Crippen LogP contribution in [0.4, 0.5) is 0 Å². The zero-order valence-corrected chi connectivity index (χ0v) is 32.3. The minimum Gasteiger partial charge on any atom is -0.462 e. The van der Waals surface area contributed by atoms with Gasteiger partial charge in [0, 0.05) is 6.42 Å². The second-order valence-electron chi connectivity index (χ2n) is 14.0. The fourth-order valence-corrected chi connectivity index (χ4v) is 6.09. The molecule has 0 saturated heterocycles. The van der Waals surface area contributed by atoms with Gasteiger partial charge in [-0.15, -0.1) is 0 Å². The molecule has 0 spiro atoms. The van der Waals surface area contributed by atoms with E-state index in [0.29, 0.717) is 19.3 Å². The van der Waals surface area contributed by atoms with Crippen LogP contribution in [0, 0.1) is 0 Å². The van der Waals surface area contributed by atoms with Gasteiger partial charge in [-0.1, -0.05) is 166 Å². The molecular formula is C43H79NO5. The van der Waals surface area contributed by atoms with Crippen LogP contribution in [-0.4, -0.2) is 46.9 Å². The van der Waals surface area contributed by atoms with Gasteiger partial charge < -0.3 is 20.3 Å². The summed E-state index contributed by atoms with van der Waals surface area (Å²) >= 11 is 0. The third-order valence-electron chi connectivity index (χ3n) is 9.23. The van der Waals surface area contributed by atoms with Crippen molar-refractivity contribution in [1.29, 1.82) is 0 Å². The zero-order chi connectivity index (χ0) is 36.0. The maximum atomic E-state index is 13.0.